The molecule has 0 aromatic heterocycles. The lowest BCUT2D eigenvalue weighted by atomic mass is 10.1. The molecule has 0 spiro atoms. The van der Waals surface area contributed by atoms with Gasteiger partial charge in [0.15, 0.2) is 5.76 Å². The Morgan fingerprint density at radius 3 is 2.55 bits per heavy atom. The van der Waals surface area contributed by atoms with Gasteiger partial charge in [-0.2, -0.15) is 0 Å². The van der Waals surface area contributed by atoms with Crippen LogP contribution in [-0.4, -0.2) is 11.8 Å². The smallest absolute Gasteiger partial charge is 0.346 e. The molecule has 0 saturated carbocycles. The molecule has 29 heavy (non-hydrogen) atoms. The van der Waals surface area contributed by atoms with Crippen molar-refractivity contribution in [1.29, 1.82) is 0 Å². The van der Waals surface area contributed by atoms with Crippen LogP contribution in [0, 0.1) is 5.82 Å². The first-order chi connectivity index (χ1) is 13.9. The highest BCUT2D eigenvalue weighted by Gasteiger charge is 2.28. The quantitative estimate of drug-likeness (QED) is 0.293. The fourth-order valence-electron chi connectivity index (χ4n) is 2.77. The van der Waals surface area contributed by atoms with E-state index in [0.717, 1.165) is 0 Å². The lowest BCUT2D eigenvalue weighted by molar-refractivity contribution is 0.0729. The standard InChI is InChI=1S/C22H11Cl2FO4/c23-16-8-5-12(9-17(16)24)10-20-21(26)15-7-6-13(11-19(15)29-20)28-22(27)14-3-1-2-4-18(14)25/h1-11H/b20-10-. The van der Waals surface area contributed by atoms with Crippen LogP contribution >= 0.6 is 23.2 Å². The molecule has 0 saturated heterocycles. The number of hydrogen-bond donors (Lipinski definition) is 0. The number of fused-ring (bicyclic) bond motifs is 1. The van der Waals surface area contributed by atoms with Crippen molar-refractivity contribution >= 4 is 41.0 Å². The molecule has 4 rings (SSSR count). The lowest BCUT2D eigenvalue weighted by Gasteiger charge is -2.06. The minimum atomic E-state index is -0.848. The summed E-state index contributed by atoms with van der Waals surface area (Å²) in [4.78, 5) is 24.7. The van der Waals surface area contributed by atoms with Crippen molar-refractivity contribution < 1.29 is 23.5 Å². The third kappa shape index (κ3) is 3.88. The Bertz CT molecular complexity index is 1190. The van der Waals surface area contributed by atoms with Crippen molar-refractivity contribution in [2.24, 2.45) is 0 Å². The molecule has 0 fully saturated rings. The molecule has 0 radical (unpaired) electrons. The summed E-state index contributed by atoms with van der Waals surface area (Å²) in [6.45, 7) is 0. The Morgan fingerprint density at radius 1 is 1.00 bits per heavy atom. The van der Waals surface area contributed by atoms with E-state index in [1.807, 2.05) is 0 Å². The fraction of sp³-hybridized carbons (Fsp3) is 0. The SMILES string of the molecule is O=C(Oc1ccc2c(c1)O/C(=C\c1ccc(Cl)c(Cl)c1)C2=O)c1ccccc1F. The van der Waals surface area contributed by atoms with Gasteiger partial charge in [-0.15, -0.1) is 0 Å². The molecule has 0 aliphatic carbocycles. The van der Waals surface area contributed by atoms with E-state index in [9.17, 15) is 14.0 Å². The van der Waals surface area contributed by atoms with Gasteiger partial charge in [0.05, 0.1) is 21.2 Å². The van der Waals surface area contributed by atoms with Crippen LogP contribution in [-0.2, 0) is 0 Å². The number of carbonyl (C=O) groups excluding carboxylic acids is 2. The number of ketones is 1. The summed E-state index contributed by atoms with van der Waals surface area (Å²) in [5.41, 5.74) is 0.772. The van der Waals surface area contributed by atoms with Gasteiger partial charge in [0.1, 0.15) is 17.3 Å². The van der Waals surface area contributed by atoms with Gasteiger partial charge >= 0.3 is 5.97 Å². The predicted molar refractivity (Wildman–Crippen MR) is 107 cm³/mol. The third-order valence-electron chi connectivity index (χ3n) is 4.19. The average molecular weight is 429 g/mol. The van der Waals surface area contributed by atoms with Crippen LogP contribution < -0.4 is 9.47 Å². The number of Topliss-reactive ketones (excluding diaryl/α,β-unsaturated/α-hetero) is 1. The summed E-state index contributed by atoms with van der Waals surface area (Å²) in [5.74, 6) is -1.40. The van der Waals surface area contributed by atoms with Gasteiger partial charge in [-0.1, -0.05) is 41.4 Å². The molecule has 0 amide bonds. The molecular weight excluding hydrogens is 418 g/mol. The molecule has 0 bridgehead atoms. The zero-order valence-electron chi connectivity index (χ0n) is 14.6. The number of allylic oxidation sites excluding steroid dienone is 1. The Hall–Kier alpha value is -3.15. The normalized spacial score (nSPS) is 13.9. The maximum absolute atomic E-state index is 13.7. The van der Waals surface area contributed by atoms with Crippen molar-refractivity contribution in [3.8, 4) is 11.5 Å². The van der Waals surface area contributed by atoms with E-state index < -0.39 is 11.8 Å². The number of hydrogen-bond acceptors (Lipinski definition) is 4. The number of ether oxygens (including phenoxy) is 2. The largest absolute Gasteiger partial charge is 0.452 e. The molecule has 4 nitrogen and oxygen atoms in total. The third-order valence-corrected chi connectivity index (χ3v) is 4.93. The van der Waals surface area contributed by atoms with Gasteiger partial charge in [-0.05, 0) is 48.0 Å². The van der Waals surface area contributed by atoms with Gasteiger partial charge in [-0.25, -0.2) is 9.18 Å². The van der Waals surface area contributed by atoms with E-state index in [2.05, 4.69) is 0 Å². The van der Waals surface area contributed by atoms with Crippen LogP contribution in [0.5, 0.6) is 11.5 Å². The lowest BCUT2D eigenvalue weighted by Crippen LogP contribution is -2.10. The van der Waals surface area contributed by atoms with Gasteiger partial charge < -0.3 is 9.47 Å². The van der Waals surface area contributed by atoms with Crippen molar-refractivity contribution in [3.63, 3.8) is 0 Å². The second kappa shape index (κ2) is 7.70. The molecular formula is C22H11Cl2FO4. The fourth-order valence-corrected chi connectivity index (χ4v) is 3.08. The van der Waals surface area contributed by atoms with Crippen LogP contribution in [0.4, 0.5) is 4.39 Å². The van der Waals surface area contributed by atoms with E-state index >= 15 is 0 Å². The Morgan fingerprint density at radius 2 is 1.79 bits per heavy atom. The van der Waals surface area contributed by atoms with Gasteiger partial charge in [0, 0.05) is 6.07 Å². The van der Waals surface area contributed by atoms with Crippen LogP contribution in [0.25, 0.3) is 6.08 Å². The van der Waals surface area contributed by atoms with Crippen molar-refractivity contribution in [2.45, 2.75) is 0 Å². The van der Waals surface area contributed by atoms with Crippen LogP contribution in [0.1, 0.15) is 26.3 Å². The molecule has 144 valence electrons. The van der Waals surface area contributed by atoms with Gasteiger partial charge in [0.25, 0.3) is 0 Å². The van der Waals surface area contributed by atoms with E-state index in [0.29, 0.717) is 21.2 Å². The zero-order valence-corrected chi connectivity index (χ0v) is 16.1. The maximum atomic E-state index is 13.7. The Balaban J connectivity index is 1.57. The Kier molecular flexibility index (Phi) is 5.09. The summed E-state index contributed by atoms with van der Waals surface area (Å²) in [6, 6.07) is 14.8. The number of rotatable bonds is 3. The summed E-state index contributed by atoms with van der Waals surface area (Å²) in [7, 11) is 0. The van der Waals surface area contributed by atoms with E-state index in [-0.39, 0.29) is 28.6 Å². The van der Waals surface area contributed by atoms with Gasteiger partial charge in [0.2, 0.25) is 5.78 Å². The highest BCUT2D eigenvalue weighted by molar-refractivity contribution is 6.42. The van der Waals surface area contributed by atoms with E-state index in [1.54, 1.807) is 18.2 Å². The van der Waals surface area contributed by atoms with Crippen molar-refractivity contribution in [2.75, 3.05) is 0 Å². The predicted octanol–water partition coefficient (Wildman–Crippen LogP) is 5.97. The topological polar surface area (TPSA) is 52.6 Å². The molecule has 0 N–H and O–H groups in total. The number of esters is 1. The van der Waals surface area contributed by atoms with Crippen molar-refractivity contribution in [1.82, 2.24) is 0 Å². The molecule has 7 heteroatoms. The second-order valence-corrected chi connectivity index (χ2v) is 6.96. The molecule has 0 unspecified atom stereocenters. The summed E-state index contributed by atoms with van der Waals surface area (Å²) in [6.07, 6.45) is 1.54. The first-order valence-corrected chi connectivity index (χ1v) is 9.18. The van der Waals surface area contributed by atoms with E-state index in [4.69, 9.17) is 32.7 Å². The molecule has 1 aliphatic heterocycles. The van der Waals surface area contributed by atoms with E-state index in [1.165, 1.54) is 48.5 Å². The zero-order chi connectivity index (χ0) is 20.5. The van der Waals surface area contributed by atoms with Crippen LogP contribution in [0.2, 0.25) is 10.0 Å². The summed E-state index contributed by atoms with van der Waals surface area (Å²) >= 11 is 11.9. The second-order valence-electron chi connectivity index (χ2n) is 6.14. The monoisotopic (exact) mass is 428 g/mol. The summed E-state index contributed by atoms with van der Waals surface area (Å²) < 4.78 is 24.5. The number of halogens is 3. The first-order valence-electron chi connectivity index (χ1n) is 8.42. The Labute approximate surface area is 175 Å². The number of benzene rings is 3. The minimum absolute atomic E-state index is 0.0935. The molecule has 1 aliphatic rings. The number of carbonyl (C=O) groups is 2. The summed E-state index contributed by atoms with van der Waals surface area (Å²) in [5, 5.41) is 0.753. The maximum Gasteiger partial charge on any atom is 0.346 e. The molecule has 3 aromatic rings. The van der Waals surface area contributed by atoms with Gasteiger partial charge in [-0.3, -0.25) is 4.79 Å². The highest BCUT2D eigenvalue weighted by atomic mass is 35.5. The first kappa shape index (κ1) is 19.2. The minimum Gasteiger partial charge on any atom is -0.452 e. The van der Waals surface area contributed by atoms with Crippen molar-refractivity contribution in [3.05, 3.63) is 99.0 Å². The van der Waals surface area contributed by atoms with Crippen LogP contribution in [0.15, 0.2) is 66.4 Å². The molecule has 0 atom stereocenters. The highest BCUT2D eigenvalue weighted by Crippen LogP contribution is 2.35. The molecule has 3 aromatic carbocycles. The molecule has 1 heterocycles. The average Bonchev–Trinajstić information content (AvgIpc) is 3.00. The van der Waals surface area contributed by atoms with Crippen LogP contribution in [0.3, 0.4) is 0 Å².